The Kier molecular flexibility index (Phi) is 1.65. The molecule has 1 atom stereocenters. The van der Waals surface area contributed by atoms with Crippen molar-refractivity contribution in [2.24, 2.45) is 4.99 Å². The van der Waals surface area contributed by atoms with Crippen LogP contribution in [0.3, 0.4) is 0 Å². The van der Waals surface area contributed by atoms with Crippen molar-refractivity contribution in [3.8, 4) is 5.75 Å². The molecule has 15 heavy (non-hydrogen) atoms. The number of benzene rings is 1. The number of hydrogen-bond donors (Lipinski definition) is 0. The monoisotopic (exact) mass is 199 g/mol. The second kappa shape index (κ2) is 2.98. The molecule has 1 aromatic rings. The molecular formula is C12H9NO2. The maximum Gasteiger partial charge on any atom is 0.308 e. The third kappa shape index (κ3) is 1.32. The molecule has 3 nitrogen and oxygen atoms in total. The summed E-state index contributed by atoms with van der Waals surface area (Å²) in [6.07, 6.45) is 8.58. The van der Waals surface area contributed by atoms with Crippen molar-refractivity contribution in [1.82, 2.24) is 0 Å². The van der Waals surface area contributed by atoms with E-state index in [1.54, 1.807) is 12.4 Å². The highest BCUT2D eigenvalue weighted by Gasteiger charge is 2.33. The van der Waals surface area contributed by atoms with Gasteiger partial charge in [-0.2, -0.15) is 0 Å². The molecule has 0 bridgehead atoms. The minimum atomic E-state index is -0.858. The van der Waals surface area contributed by atoms with Gasteiger partial charge in [-0.15, -0.1) is 0 Å². The molecule has 3 rings (SSSR count). The zero-order valence-electron chi connectivity index (χ0n) is 7.96. The van der Waals surface area contributed by atoms with E-state index in [0.717, 1.165) is 11.3 Å². The van der Waals surface area contributed by atoms with Crippen molar-refractivity contribution in [2.75, 3.05) is 0 Å². The predicted molar refractivity (Wildman–Crippen MR) is 57.6 cm³/mol. The molecule has 1 spiro atoms. The molecule has 0 saturated carbocycles. The summed E-state index contributed by atoms with van der Waals surface area (Å²) in [6.45, 7) is 0. The summed E-state index contributed by atoms with van der Waals surface area (Å²) in [5.74, 6) is -0.0509. The first-order valence-electron chi connectivity index (χ1n) is 4.72. The smallest absolute Gasteiger partial charge is 0.308 e. The van der Waals surface area contributed by atoms with Gasteiger partial charge in [0, 0.05) is 11.6 Å². The largest absolute Gasteiger partial charge is 0.450 e. The summed E-state index contributed by atoms with van der Waals surface area (Å²) in [7, 11) is 0. The lowest BCUT2D eigenvalue weighted by atomic mass is 10.1. The maximum absolute atomic E-state index is 5.75. The van der Waals surface area contributed by atoms with Crippen LogP contribution in [0.1, 0.15) is 5.56 Å². The number of aliphatic imine (C=N–C) groups is 1. The number of fused-ring (bicyclic) bond motifs is 1. The van der Waals surface area contributed by atoms with Gasteiger partial charge in [-0.25, -0.2) is 0 Å². The fourth-order valence-corrected chi connectivity index (χ4v) is 1.60. The molecule has 2 aliphatic rings. The van der Waals surface area contributed by atoms with E-state index in [4.69, 9.17) is 9.47 Å². The quantitative estimate of drug-likeness (QED) is 0.642. The van der Waals surface area contributed by atoms with Crippen molar-refractivity contribution in [3.05, 3.63) is 48.4 Å². The highest BCUT2D eigenvalue weighted by molar-refractivity contribution is 5.77. The molecule has 0 amide bonds. The molecule has 0 radical (unpaired) electrons. The Hall–Kier alpha value is -2.03. The minimum absolute atomic E-state index is 0.807. The summed E-state index contributed by atoms with van der Waals surface area (Å²) in [4.78, 5) is 4.02. The molecule has 1 unspecified atom stereocenters. The van der Waals surface area contributed by atoms with Crippen LogP contribution in [0.15, 0.2) is 47.8 Å². The fourth-order valence-electron chi connectivity index (χ4n) is 1.60. The van der Waals surface area contributed by atoms with Crippen molar-refractivity contribution < 1.29 is 9.47 Å². The average Bonchev–Trinajstić information content (AvgIpc) is 2.30. The molecule has 0 aliphatic carbocycles. The van der Waals surface area contributed by atoms with Gasteiger partial charge in [-0.1, -0.05) is 18.2 Å². The Balaban J connectivity index is 2.02. The Morgan fingerprint density at radius 3 is 3.00 bits per heavy atom. The van der Waals surface area contributed by atoms with Gasteiger partial charge in [-0.05, 0) is 12.1 Å². The first kappa shape index (κ1) is 8.29. The normalized spacial score (nSPS) is 25.9. The van der Waals surface area contributed by atoms with E-state index >= 15 is 0 Å². The van der Waals surface area contributed by atoms with Crippen LogP contribution in [0.5, 0.6) is 5.75 Å². The Bertz CT molecular complexity index is 476. The van der Waals surface area contributed by atoms with Crippen molar-refractivity contribution >= 4 is 12.3 Å². The molecule has 74 valence electrons. The third-order valence-corrected chi connectivity index (χ3v) is 2.34. The SMILES string of the molecule is C1=COC2(C=Cc3ccccc3O2)C=N1. The second-order valence-corrected chi connectivity index (χ2v) is 3.38. The van der Waals surface area contributed by atoms with Crippen molar-refractivity contribution in [2.45, 2.75) is 5.79 Å². The zero-order valence-corrected chi connectivity index (χ0v) is 7.96. The van der Waals surface area contributed by atoms with Gasteiger partial charge in [0.05, 0.1) is 12.4 Å². The molecule has 2 aliphatic heterocycles. The van der Waals surface area contributed by atoms with Gasteiger partial charge in [0.25, 0.3) is 0 Å². The molecule has 0 aromatic heterocycles. The van der Waals surface area contributed by atoms with Crippen molar-refractivity contribution in [1.29, 1.82) is 0 Å². The topological polar surface area (TPSA) is 30.8 Å². The van der Waals surface area contributed by atoms with Crippen LogP contribution in [-0.4, -0.2) is 12.0 Å². The first-order valence-corrected chi connectivity index (χ1v) is 4.72. The summed E-state index contributed by atoms with van der Waals surface area (Å²) < 4.78 is 11.2. The number of ether oxygens (including phenoxy) is 2. The van der Waals surface area contributed by atoms with Crippen LogP contribution in [0.4, 0.5) is 0 Å². The summed E-state index contributed by atoms with van der Waals surface area (Å²) >= 11 is 0. The standard InChI is InChI=1S/C12H9NO2/c1-2-4-11-10(3-1)5-6-12(15-11)9-13-7-8-14-12/h1-9H. The van der Waals surface area contributed by atoms with E-state index in [1.165, 1.54) is 6.26 Å². The molecule has 3 heteroatoms. The maximum atomic E-state index is 5.75. The summed E-state index contributed by atoms with van der Waals surface area (Å²) in [5.41, 5.74) is 1.05. The zero-order chi connectivity index (χ0) is 10.1. The van der Waals surface area contributed by atoms with Crippen LogP contribution < -0.4 is 4.74 Å². The highest BCUT2D eigenvalue weighted by Crippen LogP contribution is 2.31. The molecule has 1 aromatic carbocycles. The third-order valence-electron chi connectivity index (χ3n) is 2.34. The van der Waals surface area contributed by atoms with Gasteiger partial charge in [0.1, 0.15) is 12.0 Å². The van der Waals surface area contributed by atoms with Gasteiger partial charge >= 0.3 is 5.79 Å². The average molecular weight is 199 g/mol. The lowest BCUT2D eigenvalue weighted by Crippen LogP contribution is -2.39. The molecule has 0 saturated heterocycles. The van der Waals surface area contributed by atoms with Gasteiger partial charge in [-0.3, -0.25) is 4.99 Å². The van der Waals surface area contributed by atoms with E-state index in [-0.39, 0.29) is 0 Å². The minimum Gasteiger partial charge on any atom is -0.450 e. The van der Waals surface area contributed by atoms with Gasteiger partial charge in [0.2, 0.25) is 0 Å². The van der Waals surface area contributed by atoms with Crippen LogP contribution in [0, 0.1) is 0 Å². The number of hydrogen-bond acceptors (Lipinski definition) is 3. The van der Waals surface area contributed by atoms with Crippen LogP contribution in [0.25, 0.3) is 6.08 Å². The van der Waals surface area contributed by atoms with E-state index in [2.05, 4.69) is 4.99 Å². The Labute approximate surface area is 87.4 Å². The fraction of sp³-hybridized carbons (Fsp3) is 0.0833. The van der Waals surface area contributed by atoms with Crippen LogP contribution in [-0.2, 0) is 4.74 Å². The molecule has 0 N–H and O–H groups in total. The highest BCUT2D eigenvalue weighted by atomic mass is 16.7. The Morgan fingerprint density at radius 2 is 2.13 bits per heavy atom. The van der Waals surface area contributed by atoms with E-state index in [9.17, 15) is 0 Å². The van der Waals surface area contributed by atoms with Crippen LogP contribution >= 0.6 is 0 Å². The number of para-hydroxylation sites is 1. The number of rotatable bonds is 0. The lowest BCUT2D eigenvalue weighted by molar-refractivity contribution is -0.0441. The summed E-state index contributed by atoms with van der Waals surface area (Å²) in [5, 5.41) is 0. The summed E-state index contributed by atoms with van der Waals surface area (Å²) in [6, 6.07) is 7.81. The van der Waals surface area contributed by atoms with Gasteiger partial charge in [0.15, 0.2) is 0 Å². The van der Waals surface area contributed by atoms with E-state index in [0.29, 0.717) is 0 Å². The Morgan fingerprint density at radius 1 is 1.20 bits per heavy atom. The first-order chi connectivity index (χ1) is 7.38. The second-order valence-electron chi connectivity index (χ2n) is 3.38. The predicted octanol–water partition coefficient (Wildman–Crippen LogP) is 2.36. The van der Waals surface area contributed by atoms with E-state index < -0.39 is 5.79 Å². The molecule has 2 heterocycles. The van der Waals surface area contributed by atoms with E-state index in [1.807, 2.05) is 36.4 Å². The van der Waals surface area contributed by atoms with Gasteiger partial charge < -0.3 is 9.47 Å². The van der Waals surface area contributed by atoms with Crippen molar-refractivity contribution in [3.63, 3.8) is 0 Å². The number of nitrogens with zero attached hydrogens (tertiary/aromatic N) is 1. The molecular weight excluding hydrogens is 190 g/mol. The molecule has 0 fully saturated rings. The lowest BCUT2D eigenvalue weighted by Gasteiger charge is -2.31. The van der Waals surface area contributed by atoms with Crippen LogP contribution in [0.2, 0.25) is 0 Å².